The van der Waals surface area contributed by atoms with Crippen LogP contribution in [0, 0.1) is 0 Å². The number of esters is 1. The highest BCUT2D eigenvalue weighted by atomic mass is 16.5. The molecule has 1 atom stereocenters. The zero-order chi connectivity index (χ0) is 29.4. The Morgan fingerprint density at radius 3 is 1.40 bits per heavy atom. The van der Waals surface area contributed by atoms with Crippen LogP contribution in [0.25, 0.3) is 0 Å². The molecule has 0 saturated carbocycles. The van der Waals surface area contributed by atoms with Crippen molar-refractivity contribution in [3.05, 3.63) is 12.2 Å². The normalized spacial score (nSPS) is 12.2. The number of ether oxygens (including phenoxy) is 1. The summed E-state index contributed by atoms with van der Waals surface area (Å²) in [6.07, 6.45) is 38.4. The molecule has 0 spiro atoms. The monoisotopic (exact) mass is 565 g/mol. The molecule has 0 aliphatic carbocycles. The fraction of sp³-hybridized carbons (Fsp3) is 0.889. The number of rotatable bonds is 32. The van der Waals surface area contributed by atoms with Crippen LogP contribution in [0.1, 0.15) is 200 Å². The Kier molecular flexibility index (Phi) is 31.1. The lowest BCUT2D eigenvalue weighted by molar-refractivity contribution is -0.150. The second-order valence-electron chi connectivity index (χ2n) is 12.1. The van der Waals surface area contributed by atoms with E-state index >= 15 is 0 Å². The molecule has 0 heterocycles. The third kappa shape index (κ3) is 31.2. The van der Waals surface area contributed by atoms with E-state index in [-0.39, 0.29) is 18.5 Å². The van der Waals surface area contributed by atoms with Crippen molar-refractivity contribution < 1.29 is 19.4 Å². The molecule has 236 valence electrons. The average molecular weight is 565 g/mol. The lowest BCUT2D eigenvalue weighted by atomic mass is 10.0. The summed E-state index contributed by atoms with van der Waals surface area (Å²) in [6, 6.07) is 0. The Hall–Kier alpha value is -1.32. The summed E-state index contributed by atoms with van der Waals surface area (Å²) in [4.78, 5) is 23.0. The maximum absolute atomic E-state index is 12.4. The number of allylic oxidation sites excluding steroid dienone is 2. The van der Waals surface area contributed by atoms with Crippen molar-refractivity contribution in [3.63, 3.8) is 0 Å². The molecule has 0 aliphatic heterocycles. The lowest BCUT2D eigenvalue weighted by Crippen LogP contribution is -2.18. The van der Waals surface area contributed by atoms with Gasteiger partial charge in [0.25, 0.3) is 0 Å². The molecule has 0 rings (SSSR count). The fourth-order valence-electron chi connectivity index (χ4n) is 5.35. The van der Waals surface area contributed by atoms with Crippen LogP contribution in [0.4, 0.5) is 0 Å². The van der Waals surface area contributed by atoms with Crippen molar-refractivity contribution in [1.82, 2.24) is 0 Å². The van der Waals surface area contributed by atoms with Gasteiger partial charge in [-0.15, -0.1) is 0 Å². The predicted octanol–water partition coefficient (Wildman–Crippen LogP) is 11.9. The molecule has 0 fully saturated rings. The van der Waals surface area contributed by atoms with Gasteiger partial charge in [-0.1, -0.05) is 135 Å². The first-order chi connectivity index (χ1) is 19.6. The summed E-state index contributed by atoms with van der Waals surface area (Å²) in [5.74, 6) is -0.771. The Balaban J connectivity index is 3.57. The molecular weight excluding hydrogens is 496 g/mol. The number of carboxylic acid groups (broad SMARTS) is 1. The van der Waals surface area contributed by atoms with Crippen LogP contribution >= 0.6 is 0 Å². The molecule has 4 nitrogen and oxygen atoms in total. The summed E-state index contributed by atoms with van der Waals surface area (Å²) in [5, 5.41) is 8.77. The van der Waals surface area contributed by atoms with Crippen LogP contribution in [-0.4, -0.2) is 23.1 Å². The maximum Gasteiger partial charge on any atom is 0.306 e. The van der Waals surface area contributed by atoms with Crippen LogP contribution in [-0.2, 0) is 14.3 Å². The van der Waals surface area contributed by atoms with Crippen LogP contribution < -0.4 is 0 Å². The van der Waals surface area contributed by atoms with E-state index in [0.717, 1.165) is 51.4 Å². The predicted molar refractivity (Wildman–Crippen MR) is 172 cm³/mol. The topological polar surface area (TPSA) is 63.6 Å². The van der Waals surface area contributed by atoms with E-state index in [9.17, 15) is 9.59 Å². The van der Waals surface area contributed by atoms with E-state index in [2.05, 4.69) is 26.0 Å². The summed E-state index contributed by atoms with van der Waals surface area (Å²) in [5.41, 5.74) is 0. The molecule has 4 heteroatoms. The Morgan fingerprint density at radius 2 is 0.900 bits per heavy atom. The first-order valence-electron chi connectivity index (χ1n) is 17.7. The van der Waals surface area contributed by atoms with Crippen LogP contribution in [0.3, 0.4) is 0 Å². The summed E-state index contributed by atoms with van der Waals surface area (Å²) >= 11 is 0. The Morgan fingerprint density at radius 1 is 0.525 bits per heavy atom. The summed E-state index contributed by atoms with van der Waals surface area (Å²) in [7, 11) is 0. The molecule has 0 saturated heterocycles. The molecule has 1 N–H and O–H groups in total. The van der Waals surface area contributed by atoms with Crippen molar-refractivity contribution in [2.45, 2.75) is 206 Å². The van der Waals surface area contributed by atoms with E-state index in [1.807, 2.05) is 0 Å². The van der Waals surface area contributed by atoms with Crippen molar-refractivity contribution in [2.24, 2.45) is 0 Å². The first-order valence-corrected chi connectivity index (χ1v) is 17.7. The third-order valence-electron chi connectivity index (χ3n) is 7.99. The molecule has 1 unspecified atom stereocenters. The number of aliphatic carboxylic acids is 1. The third-order valence-corrected chi connectivity index (χ3v) is 7.99. The van der Waals surface area contributed by atoms with Gasteiger partial charge in [0.1, 0.15) is 6.10 Å². The van der Waals surface area contributed by atoms with E-state index in [4.69, 9.17) is 9.84 Å². The average Bonchev–Trinajstić information content (AvgIpc) is 2.93. The standard InChI is InChI=1S/C36H68O4/c1-3-5-7-8-9-10-11-12-13-14-15-16-17-18-19-20-21-22-23-24-29-33-36(39)40-34(30-26-6-4-2)31-27-25-28-32-35(37)38/h14-15,34H,3-13,16-33H2,1-2H3,(H,37,38)/b15-14-. The summed E-state index contributed by atoms with van der Waals surface area (Å²) < 4.78 is 5.81. The molecule has 0 aromatic heterocycles. The van der Waals surface area contributed by atoms with Crippen LogP contribution in [0.15, 0.2) is 12.2 Å². The molecule has 0 aliphatic rings. The smallest absolute Gasteiger partial charge is 0.306 e. The van der Waals surface area contributed by atoms with Crippen molar-refractivity contribution in [3.8, 4) is 0 Å². The van der Waals surface area contributed by atoms with Gasteiger partial charge in [-0.25, -0.2) is 0 Å². The van der Waals surface area contributed by atoms with Crippen LogP contribution in [0.5, 0.6) is 0 Å². The minimum atomic E-state index is -0.728. The largest absolute Gasteiger partial charge is 0.481 e. The minimum Gasteiger partial charge on any atom is -0.481 e. The SMILES string of the molecule is CCCCCCCCCC/C=C\CCCCCCCCCCCC(=O)OC(CCCCC)CCCCCC(=O)O. The van der Waals surface area contributed by atoms with E-state index in [1.54, 1.807) is 0 Å². The number of hydrogen-bond donors (Lipinski definition) is 1. The Bertz CT molecular complexity index is 571. The zero-order valence-corrected chi connectivity index (χ0v) is 26.9. The second-order valence-corrected chi connectivity index (χ2v) is 12.1. The fourth-order valence-corrected chi connectivity index (χ4v) is 5.35. The lowest BCUT2D eigenvalue weighted by Gasteiger charge is -2.18. The zero-order valence-electron chi connectivity index (χ0n) is 26.9. The molecule has 0 aromatic rings. The van der Waals surface area contributed by atoms with Gasteiger partial charge in [-0.3, -0.25) is 9.59 Å². The summed E-state index contributed by atoms with van der Waals surface area (Å²) in [6.45, 7) is 4.47. The second kappa shape index (κ2) is 32.2. The van der Waals surface area contributed by atoms with Gasteiger partial charge < -0.3 is 9.84 Å². The van der Waals surface area contributed by atoms with Gasteiger partial charge in [-0.2, -0.15) is 0 Å². The number of hydrogen-bond acceptors (Lipinski definition) is 3. The highest BCUT2D eigenvalue weighted by Gasteiger charge is 2.14. The number of unbranched alkanes of at least 4 members (excludes halogenated alkanes) is 21. The van der Waals surface area contributed by atoms with Gasteiger partial charge in [0.15, 0.2) is 0 Å². The van der Waals surface area contributed by atoms with E-state index in [1.165, 1.54) is 116 Å². The highest BCUT2D eigenvalue weighted by molar-refractivity contribution is 5.69. The maximum atomic E-state index is 12.4. The molecule has 0 aromatic carbocycles. The highest BCUT2D eigenvalue weighted by Crippen LogP contribution is 2.17. The Labute approximate surface area is 249 Å². The molecule has 40 heavy (non-hydrogen) atoms. The number of carboxylic acids is 1. The van der Waals surface area contributed by atoms with Crippen molar-refractivity contribution in [1.29, 1.82) is 0 Å². The van der Waals surface area contributed by atoms with Gasteiger partial charge in [0.2, 0.25) is 0 Å². The van der Waals surface area contributed by atoms with E-state index in [0.29, 0.717) is 12.8 Å². The van der Waals surface area contributed by atoms with E-state index < -0.39 is 5.97 Å². The minimum absolute atomic E-state index is 0.00859. The molecule has 0 bridgehead atoms. The van der Waals surface area contributed by atoms with Crippen molar-refractivity contribution in [2.75, 3.05) is 0 Å². The molecule has 0 radical (unpaired) electrons. The first kappa shape index (κ1) is 38.7. The van der Waals surface area contributed by atoms with Crippen LogP contribution in [0.2, 0.25) is 0 Å². The van der Waals surface area contributed by atoms with Gasteiger partial charge in [-0.05, 0) is 64.2 Å². The van der Waals surface area contributed by atoms with Crippen molar-refractivity contribution >= 4 is 11.9 Å². The number of carbonyl (C=O) groups is 2. The molecule has 0 amide bonds. The van der Waals surface area contributed by atoms with Gasteiger partial charge in [0, 0.05) is 12.8 Å². The van der Waals surface area contributed by atoms with Gasteiger partial charge in [0.05, 0.1) is 0 Å². The molecular formula is C36H68O4. The van der Waals surface area contributed by atoms with Gasteiger partial charge >= 0.3 is 11.9 Å². The quantitative estimate of drug-likeness (QED) is 0.0501. The number of carbonyl (C=O) groups excluding carboxylic acids is 1.